The molecule has 9 nitrogen and oxygen atoms in total. The van der Waals surface area contributed by atoms with Gasteiger partial charge >= 0.3 is 0 Å². The molecule has 0 bridgehead atoms. The third kappa shape index (κ3) is 4.68. The highest BCUT2D eigenvalue weighted by atomic mass is 15.2. The first-order valence-electron chi connectivity index (χ1n) is 12.6. The number of rotatable bonds is 6. The van der Waals surface area contributed by atoms with Crippen molar-refractivity contribution in [2.75, 3.05) is 23.7 Å². The third-order valence-electron chi connectivity index (χ3n) is 7.26. The Labute approximate surface area is 205 Å². The number of likely N-dealkylation sites (tertiary alicyclic amines) is 1. The highest BCUT2D eigenvalue weighted by molar-refractivity contribution is 5.67. The van der Waals surface area contributed by atoms with Gasteiger partial charge in [0.25, 0.3) is 0 Å². The maximum Gasteiger partial charge on any atom is 0.223 e. The number of aromatic nitrogens is 6. The minimum atomic E-state index is 0.426. The van der Waals surface area contributed by atoms with Gasteiger partial charge < -0.3 is 15.5 Å². The number of imidazole rings is 1. The fourth-order valence-electron chi connectivity index (χ4n) is 5.41. The number of hydrogen-bond acceptors (Lipinski definition) is 8. The fraction of sp³-hybridized carbons (Fsp3) is 0.423. The zero-order valence-electron chi connectivity index (χ0n) is 20.1. The average Bonchev–Trinajstić information content (AvgIpc) is 3.57. The Bertz CT molecular complexity index is 1290. The van der Waals surface area contributed by atoms with Crippen molar-refractivity contribution in [3.63, 3.8) is 0 Å². The van der Waals surface area contributed by atoms with Gasteiger partial charge in [0.15, 0.2) is 0 Å². The first-order chi connectivity index (χ1) is 17.2. The van der Waals surface area contributed by atoms with Crippen LogP contribution >= 0.6 is 0 Å². The second-order valence-corrected chi connectivity index (χ2v) is 9.66. The molecule has 6 rings (SSSR count). The molecule has 0 radical (unpaired) electrons. The molecule has 0 amide bonds. The van der Waals surface area contributed by atoms with E-state index in [0.717, 1.165) is 40.0 Å². The normalized spacial score (nSPS) is 20.8. The smallest absolute Gasteiger partial charge is 0.223 e. The standard InChI is InChI=1S/C26H31N9/c1-18-12-30-26(32-19-4-7-22(8-5-19)34-10-2-3-11-34)33-25(18)23-15-29-24-9-6-20(16-35(23)24)31-21-13-27-17-28-14-21/h6,9,12-17,19,22,31H,2-5,7-8,10-11H2,1H3,(H,30,32,33)/t19-,22-. The minimum absolute atomic E-state index is 0.426. The molecule has 5 heterocycles. The van der Waals surface area contributed by atoms with Crippen molar-refractivity contribution in [2.45, 2.75) is 57.5 Å². The van der Waals surface area contributed by atoms with Crippen molar-refractivity contribution in [1.29, 1.82) is 0 Å². The first kappa shape index (κ1) is 21.9. The van der Waals surface area contributed by atoms with Crippen molar-refractivity contribution in [2.24, 2.45) is 0 Å². The molecule has 1 aliphatic carbocycles. The van der Waals surface area contributed by atoms with Crippen molar-refractivity contribution >= 4 is 23.0 Å². The van der Waals surface area contributed by atoms with Crippen LogP contribution in [0, 0.1) is 6.92 Å². The molecule has 35 heavy (non-hydrogen) atoms. The van der Waals surface area contributed by atoms with Gasteiger partial charge in [-0.05, 0) is 76.2 Å². The van der Waals surface area contributed by atoms with Crippen LogP contribution in [0.5, 0.6) is 0 Å². The number of nitrogens with one attached hydrogen (secondary N) is 2. The van der Waals surface area contributed by atoms with Crippen LogP contribution in [0.1, 0.15) is 44.1 Å². The summed E-state index contributed by atoms with van der Waals surface area (Å²) in [5.74, 6) is 0.695. The Hall–Kier alpha value is -3.59. The topological polar surface area (TPSA) is 96.2 Å². The van der Waals surface area contributed by atoms with Gasteiger partial charge in [-0.3, -0.25) is 4.40 Å². The highest BCUT2D eigenvalue weighted by Crippen LogP contribution is 2.29. The van der Waals surface area contributed by atoms with Gasteiger partial charge in [0.05, 0.1) is 41.4 Å². The van der Waals surface area contributed by atoms with E-state index in [2.05, 4.69) is 39.9 Å². The van der Waals surface area contributed by atoms with Crippen LogP contribution in [0.25, 0.3) is 17.0 Å². The molecular formula is C26H31N9. The molecular weight excluding hydrogens is 438 g/mol. The molecule has 1 saturated carbocycles. The molecule has 0 spiro atoms. The Morgan fingerprint density at radius 2 is 1.69 bits per heavy atom. The lowest BCUT2D eigenvalue weighted by Crippen LogP contribution is -2.39. The van der Waals surface area contributed by atoms with Crippen LogP contribution in [0.15, 0.2) is 49.4 Å². The SMILES string of the molecule is Cc1cnc(N[C@H]2CC[C@H](N3CCCC3)CC2)nc1-c1cnc2ccc(Nc3cncnc3)cn12. The lowest BCUT2D eigenvalue weighted by Gasteiger charge is -2.34. The molecule has 0 atom stereocenters. The zero-order valence-corrected chi connectivity index (χ0v) is 20.1. The largest absolute Gasteiger partial charge is 0.352 e. The summed E-state index contributed by atoms with van der Waals surface area (Å²) in [7, 11) is 0. The molecule has 2 fully saturated rings. The molecule has 1 aliphatic heterocycles. The molecule has 4 aromatic heterocycles. The van der Waals surface area contributed by atoms with Gasteiger partial charge in [0.1, 0.15) is 12.0 Å². The average molecular weight is 470 g/mol. The first-order valence-corrected chi connectivity index (χ1v) is 12.6. The van der Waals surface area contributed by atoms with Crippen molar-refractivity contribution in [3.8, 4) is 11.4 Å². The van der Waals surface area contributed by atoms with E-state index >= 15 is 0 Å². The summed E-state index contributed by atoms with van der Waals surface area (Å²) in [5.41, 5.74) is 5.46. The second-order valence-electron chi connectivity index (χ2n) is 9.66. The molecule has 1 saturated heterocycles. The summed E-state index contributed by atoms with van der Waals surface area (Å²) in [6, 6.07) is 5.17. The van der Waals surface area contributed by atoms with Crippen LogP contribution in [0.4, 0.5) is 17.3 Å². The summed E-state index contributed by atoms with van der Waals surface area (Å²) >= 11 is 0. The number of fused-ring (bicyclic) bond motifs is 1. The van der Waals surface area contributed by atoms with Gasteiger partial charge in [0, 0.05) is 24.5 Å². The summed E-state index contributed by atoms with van der Waals surface area (Å²) in [6.07, 6.45) is 18.4. The Morgan fingerprint density at radius 1 is 0.886 bits per heavy atom. The van der Waals surface area contributed by atoms with Crippen LogP contribution in [-0.4, -0.2) is 59.4 Å². The van der Waals surface area contributed by atoms with E-state index < -0.39 is 0 Å². The maximum absolute atomic E-state index is 4.94. The molecule has 2 N–H and O–H groups in total. The predicted molar refractivity (Wildman–Crippen MR) is 137 cm³/mol. The zero-order chi connectivity index (χ0) is 23.6. The summed E-state index contributed by atoms with van der Waals surface area (Å²) in [6.45, 7) is 4.61. The quantitative estimate of drug-likeness (QED) is 0.428. The molecule has 0 unspecified atom stereocenters. The molecule has 2 aliphatic rings. The molecule has 4 aromatic rings. The van der Waals surface area contributed by atoms with Crippen LogP contribution in [0.2, 0.25) is 0 Å². The summed E-state index contributed by atoms with van der Waals surface area (Å²) in [4.78, 5) is 25.0. The van der Waals surface area contributed by atoms with E-state index in [1.54, 1.807) is 12.4 Å². The number of pyridine rings is 1. The summed E-state index contributed by atoms with van der Waals surface area (Å²) in [5, 5.41) is 6.96. The number of anilines is 3. The highest BCUT2D eigenvalue weighted by Gasteiger charge is 2.27. The summed E-state index contributed by atoms with van der Waals surface area (Å²) < 4.78 is 2.06. The molecule has 180 valence electrons. The second kappa shape index (κ2) is 9.58. The Morgan fingerprint density at radius 3 is 2.49 bits per heavy atom. The lowest BCUT2D eigenvalue weighted by atomic mass is 9.90. The third-order valence-corrected chi connectivity index (χ3v) is 7.26. The fourth-order valence-corrected chi connectivity index (χ4v) is 5.41. The van der Waals surface area contributed by atoms with E-state index in [1.807, 2.05) is 37.6 Å². The molecule has 0 aromatic carbocycles. The van der Waals surface area contributed by atoms with Gasteiger partial charge in [-0.2, -0.15) is 0 Å². The van der Waals surface area contributed by atoms with E-state index in [1.165, 1.54) is 57.9 Å². The number of hydrogen-bond donors (Lipinski definition) is 2. The van der Waals surface area contributed by atoms with E-state index in [-0.39, 0.29) is 0 Å². The van der Waals surface area contributed by atoms with Crippen LogP contribution in [-0.2, 0) is 0 Å². The monoisotopic (exact) mass is 469 g/mol. The number of aryl methyl sites for hydroxylation is 1. The van der Waals surface area contributed by atoms with E-state index in [9.17, 15) is 0 Å². The van der Waals surface area contributed by atoms with Crippen LogP contribution in [0.3, 0.4) is 0 Å². The Kier molecular flexibility index (Phi) is 5.99. The van der Waals surface area contributed by atoms with Gasteiger partial charge in [-0.25, -0.2) is 24.9 Å². The van der Waals surface area contributed by atoms with Crippen LogP contribution < -0.4 is 10.6 Å². The maximum atomic E-state index is 4.94. The van der Waals surface area contributed by atoms with Crippen molar-refractivity contribution in [3.05, 3.63) is 55.0 Å². The van der Waals surface area contributed by atoms with Gasteiger partial charge in [-0.15, -0.1) is 0 Å². The predicted octanol–water partition coefficient (Wildman–Crippen LogP) is 4.45. The van der Waals surface area contributed by atoms with Crippen molar-refractivity contribution in [1.82, 2.24) is 34.2 Å². The van der Waals surface area contributed by atoms with Gasteiger partial charge in [-0.1, -0.05) is 0 Å². The van der Waals surface area contributed by atoms with Gasteiger partial charge in [0.2, 0.25) is 5.95 Å². The Balaban J connectivity index is 1.20. The van der Waals surface area contributed by atoms with Crippen molar-refractivity contribution < 1.29 is 0 Å². The van der Waals surface area contributed by atoms with E-state index in [4.69, 9.17) is 4.98 Å². The van der Waals surface area contributed by atoms with E-state index in [0.29, 0.717) is 12.0 Å². The lowest BCUT2D eigenvalue weighted by molar-refractivity contribution is 0.186. The minimum Gasteiger partial charge on any atom is -0.352 e. The molecule has 9 heteroatoms. The number of nitrogens with zero attached hydrogens (tertiary/aromatic N) is 7.